The molecule has 10 heteroatoms. The summed E-state index contributed by atoms with van der Waals surface area (Å²) in [5, 5.41) is 33.9. The zero-order chi connectivity index (χ0) is 33.1. The Labute approximate surface area is 271 Å². The van der Waals surface area contributed by atoms with Gasteiger partial charge in [0.05, 0.1) is 32.3 Å². The summed E-state index contributed by atoms with van der Waals surface area (Å²) < 4.78 is 25.6. The largest absolute Gasteiger partial charge is 0.493 e. The van der Waals surface area contributed by atoms with Gasteiger partial charge in [0.1, 0.15) is 18.0 Å². The fourth-order valence-electron chi connectivity index (χ4n) is 6.50. The number of methoxy groups -OCH3 is 1. The van der Waals surface area contributed by atoms with Gasteiger partial charge >= 0.3 is 0 Å². The van der Waals surface area contributed by atoms with Crippen molar-refractivity contribution in [1.29, 1.82) is 0 Å². The van der Waals surface area contributed by atoms with Crippen LogP contribution >= 0.6 is 0 Å². The van der Waals surface area contributed by atoms with Crippen molar-refractivity contribution in [1.82, 2.24) is 10.2 Å². The van der Waals surface area contributed by atoms with Crippen LogP contribution < -0.4 is 14.8 Å². The van der Waals surface area contributed by atoms with Crippen molar-refractivity contribution in [3.63, 3.8) is 0 Å². The number of unbranched alkanes of at least 4 members (excludes halogenated alkanes) is 8. The maximum absolute atomic E-state index is 13.9. The minimum atomic E-state index is -1.22. The fraction of sp³-hybridized carbons (Fsp3) is 0.556. The van der Waals surface area contributed by atoms with Crippen LogP contribution in [0.5, 0.6) is 11.5 Å². The second kappa shape index (κ2) is 17.4. The summed E-state index contributed by atoms with van der Waals surface area (Å²) in [6.07, 6.45) is 9.70. The van der Waals surface area contributed by atoms with Crippen LogP contribution in [-0.4, -0.2) is 70.5 Å². The minimum absolute atomic E-state index is 0.0192. The van der Waals surface area contributed by atoms with E-state index >= 15 is 0 Å². The Kier molecular flexibility index (Phi) is 13.4. The molecule has 0 radical (unpaired) electrons. The van der Waals surface area contributed by atoms with Gasteiger partial charge in [0, 0.05) is 30.6 Å². The second-order valence-electron chi connectivity index (χ2n) is 12.2. The standard InChI is InChI=1S/C36H49FN2O7/c1-3-4-5-6-7-8-9-10-11-12-31(42)39(22-24-13-15-26(37)16-14-24)29-21-28(36(44)38-17-18-40)32-27-19-25(23-41)20-30(45-2)34(27)46-35(32)33(29)43/h13-16,19-21,29,32-33,35,40-41,43H,3-12,17-18,22-23H2,1-2H3,(H,38,44)/t29-,32+,33+,35+/m1/s1. The van der Waals surface area contributed by atoms with E-state index in [9.17, 15) is 29.3 Å². The number of carbonyl (C=O) groups excluding carboxylic acids is 2. The van der Waals surface area contributed by atoms with Crippen molar-refractivity contribution in [2.24, 2.45) is 0 Å². The first kappa shape index (κ1) is 35.4. The molecule has 2 aromatic rings. The quantitative estimate of drug-likeness (QED) is 0.171. The predicted octanol–water partition coefficient (Wildman–Crippen LogP) is 4.90. The molecule has 46 heavy (non-hydrogen) atoms. The van der Waals surface area contributed by atoms with E-state index in [4.69, 9.17) is 9.47 Å². The van der Waals surface area contributed by atoms with E-state index in [0.717, 1.165) is 19.3 Å². The average molecular weight is 641 g/mol. The van der Waals surface area contributed by atoms with E-state index in [2.05, 4.69) is 12.2 Å². The molecule has 0 saturated carbocycles. The van der Waals surface area contributed by atoms with Gasteiger partial charge in [-0.25, -0.2) is 4.39 Å². The molecule has 0 fully saturated rings. The maximum Gasteiger partial charge on any atom is 0.247 e. The number of carbonyl (C=O) groups is 2. The van der Waals surface area contributed by atoms with Crippen molar-refractivity contribution in [3.8, 4) is 11.5 Å². The van der Waals surface area contributed by atoms with Crippen molar-refractivity contribution in [2.75, 3.05) is 20.3 Å². The van der Waals surface area contributed by atoms with Gasteiger partial charge in [-0.2, -0.15) is 0 Å². The Hall–Kier alpha value is -3.47. The average Bonchev–Trinajstić information content (AvgIpc) is 3.46. The summed E-state index contributed by atoms with van der Waals surface area (Å²) in [6.45, 7) is 1.80. The third-order valence-corrected chi connectivity index (χ3v) is 8.94. The molecule has 0 aromatic heterocycles. The normalized spacial score (nSPS) is 19.9. The van der Waals surface area contributed by atoms with E-state index in [1.165, 1.54) is 51.3 Å². The van der Waals surface area contributed by atoms with E-state index in [1.54, 1.807) is 35.2 Å². The molecule has 9 nitrogen and oxygen atoms in total. The Balaban J connectivity index is 1.62. The number of aliphatic hydroxyl groups excluding tert-OH is 3. The number of nitrogens with one attached hydrogen (secondary N) is 1. The van der Waals surface area contributed by atoms with Crippen LogP contribution in [-0.2, 0) is 22.7 Å². The summed E-state index contributed by atoms with van der Waals surface area (Å²) in [6, 6.07) is 8.32. The van der Waals surface area contributed by atoms with E-state index < -0.39 is 35.9 Å². The van der Waals surface area contributed by atoms with Crippen LogP contribution in [0.15, 0.2) is 48.0 Å². The Bertz CT molecular complexity index is 1330. The number of amides is 2. The lowest BCUT2D eigenvalue weighted by molar-refractivity contribution is -0.138. The lowest BCUT2D eigenvalue weighted by atomic mass is 9.77. The lowest BCUT2D eigenvalue weighted by Gasteiger charge is -2.41. The Morgan fingerprint density at radius 2 is 1.65 bits per heavy atom. The highest BCUT2D eigenvalue weighted by Gasteiger charge is 2.51. The molecule has 1 aliphatic heterocycles. The number of ether oxygens (including phenoxy) is 2. The number of hydrogen-bond acceptors (Lipinski definition) is 7. The van der Waals surface area contributed by atoms with Crippen LogP contribution in [0.1, 0.15) is 93.7 Å². The molecule has 252 valence electrons. The summed E-state index contributed by atoms with van der Waals surface area (Å²) in [5.41, 5.74) is 2.10. The van der Waals surface area contributed by atoms with Gasteiger partial charge in [0.2, 0.25) is 11.8 Å². The molecule has 1 aliphatic carbocycles. The predicted molar refractivity (Wildman–Crippen MR) is 173 cm³/mol. The lowest BCUT2D eigenvalue weighted by Crippen LogP contribution is -2.55. The number of fused-ring (bicyclic) bond motifs is 3. The number of rotatable bonds is 18. The molecule has 2 aliphatic rings. The zero-order valence-corrected chi connectivity index (χ0v) is 27.1. The number of nitrogens with zero attached hydrogens (tertiary/aromatic N) is 1. The van der Waals surface area contributed by atoms with Gasteiger partial charge < -0.3 is 35.0 Å². The molecular weight excluding hydrogens is 591 g/mol. The zero-order valence-electron chi connectivity index (χ0n) is 27.1. The molecule has 4 rings (SSSR count). The van der Waals surface area contributed by atoms with E-state index in [-0.39, 0.29) is 44.2 Å². The van der Waals surface area contributed by atoms with Gasteiger partial charge in [-0.15, -0.1) is 0 Å². The van der Waals surface area contributed by atoms with Crippen LogP contribution in [0.3, 0.4) is 0 Å². The van der Waals surface area contributed by atoms with E-state index in [1.807, 2.05) is 0 Å². The Morgan fingerprint density at radius 1 is 0.978 bits per heavy atom. The van der Waals surface area contributed by atoms with Gasteiger partial charge in [-0.1, -0.05) is 70.4 Å². The van der Waals surface area contributed by atoms with Gasteiger partial charge in [0.15, 0.2) is 11.5 Å². The second-order valence-corrected chi connectivity index (χ2v) is 12.2. The first-order valence-electron chi connectivity index (χ1n) is 16.6. The van der Waals surface area contributed by atoms with Gasteiger partial charge in [-0.3, -0.25) is 9.59 Å². The summed E-state index contributed by atoms with van der Waals surface area (Å²) in [5.74, 6) is -1.02. The highest BCUT2D eigenvalue weighted by Crippen LogP contribution is 2.51. The van der Waals surface area contributed by atoms with Crippen LogP contribution in [0.4, 0.5) is 4.39 Å². The molecule has 4 N–H and O–H groups in total. The fourth-order valence-corrected chi connectivity index (χ4v) is 6.50. The first-order chi connectivity index (χ1) is 22.3. The number of halogens is 1. The molecule has 0 spiro atoms. The maximum atomic E-state index is 13.9. The third kappa shape index (κ3) is 8.66. The highest BCUT2D eigenvalue weighted by molar-refractivity contribution is 5.96. The molecule has 4 atom stereocenters. The number of hydrogen-bond donors (Lipinski definition) is 4. The van der Waals surface area contributed by atoms with Crippen molar-refractivity contribution < 1.29 is 38.8 Å². The highest BCUT2D eigenvalue weighted by atomic mass is 19.1. The molecule has 2 amide bonds. The molecule has 0 unspecified atom stereocenters. The van der Waals surface area contributed by atoms with Crippen molar-refractivity contribution >= 4 is 11.8 Å². The summed E-state index contributed by atoms with van der Waals surface area (Å²) in [7, 11) is 1.47. The third-order valence-electron chi connectivity index (χ3n) is 8.94. The van der Waals surface area contributed by atoms with Crippen LogP contribution in [0.2, 0.25) is 0 Å². The van der Waals surface area contributed by atoms with Gasteiger partial charge in [-0.05, 0) is 47.9 Å². The number of benzene rings is 2. The molecule has 0 bridgehead atoms. The van der Waals surface area contributed by atoms with Crippen LogP contribution in [0, 0.1) is 5.82 Å². The van der Waals surface area contributed by atoms with E-state index in [0.29, 0.717) is 34.6 Å². The van der Waals surface area contributed by atoms with Crippen molar-refractivity contribution in [2.45, 2.75) is 108 Å². The Morgan fingerprint density at radius 3 is 2.28 bits per heavy atom. The smallest absolute Gasteiger partial charge is 0.247 e. The monoisotopic (exact) mass is 640 g/mol. The molecule has 2 aromatic carbocycles. The summed E-state index contributed by atoms with van der Waals surface area (Å²) >= 11 is 0. The minimum Gasteiger partial charge on any atom is -0.493 e. The molecule has 0 saturated heterocycles. The molecular formula is C36H49FN2O7. The summed E-state index contributed by atoms with van der Waals surface area (Å²) in [4.78, 5) is 29.0. The van der Waals surface area contributed by atoms with Crippen molar-refractivity contribution in [3.05, 3.63) is 70.6 Å². The topological polar surface area (TPSA) is 129 Å². The van der Waals surface area contributed by atoms with Gasteiger partial charge in [0.25, 0.3) is 0 Å². The SMILES string of the molecule is CCCCCCCCCCCC(=O)N(Cc1ccc(F)cc1)[C@@H]1C=C(C(=O)NCCO)[C@@H]2c3cc(CO)cc(OC)c3O[C@@H]2[C@H]1O. The number of aliphatic hydroxyl groups is 3. The molecule has 1 heterocycles. The van der Waals surface area contributed by atoms with Crippen LogP contribution in [0.25, 0.3) is 0 Å². The first-order valence-corrected chi connectivity index (χ1v) is 16.6.